The van der Waals surface area contributed by atoms with Gasteiger partial charge in [0.25, 0.3) is 0 Å². The summed E-state index contributed by atoms with van der Waals surface area (Å²) < 4.78 is 1.79. The van der Waals surface area contributed by atoms with Crippen LogP contribution >= 0.6 is 0 Å². The fourth-order valence-electron chi connectivity index (χ4n) is 2.04. The molecule has 3 rings (SSSR count). The SMILES string of the molecule is Cc1ccc(-n2nnnc2N(C)CC2CC2)cc1. The molecule has 1 aromatic heterocycles. The fourth-order valence-corrected chi connectivity index (χ4v) is 2.04. The van der Waals surface area contributed by atoms with Crippen LogP contribution in [0.25, 0.3) is 5.69 Å². The zero-order valence-electron chi connectivity index (χ0n) is 10.7. The third-order valence-electron chi connectivity index (χ3n) is 3.30. The van der Waals surface area contributed by atoms with Crippen LogP contribution in [0.2, 0.25) is 0 Å². The highest BCUT2D eigenvalue weighted by atomic mass is 15.6. The van der Waals surface area contributed by atoms with Crippen molar-refractivity contribution < 1.29 is 0 Å². The minimum Gasteiger partial charge on any atom is -0.342 e. The second-order valence-electron chi connectivity index (χ2n) is 5.05. The smallest absolute Gasteiger partial charge is 0.250 e. The molecule has 1 aromatic carbocycles. The second-order valence-corrected chi connectivity index (χ2v) is 5.05. The summed E-state index contributed by atoms with van der Waals surface area (Å²) in [5.74, 6) is 1.63. The molecule has 1 heterocycles. The maximum atomic E-state index is 4.12. The van der Waals surface area contributed by atoms with E-state index in [0.717, 1.165) is 24.1 Å². The summed E-state index contributed by atoms with van der Waals surface area (Å²) in [5.41, 5.74) is 2.24. The number of anilines is 1. The first kappa shape index (κ1) is 11.2. The van der Waals surface area contributed by atoms with Gasteiger partial charge in [-0.2, -0.15) is 4.68 Å². The van der Waals surface area contributed by atoms with Crippen LogP contribution in [-0.2, 0) is 0 Å². The lowest BCUT2D eigenvalue weighted by atomic mass is 10.2. The van der Waals surface area contributed by atoms with Gasteiger partial charge in [-0.25, -0.2) is 0 Å². The number of benzene rings is 1. The van der Waals surface area contributed by atoms with Crippen LogP contribution < -0.4 is 4.90 Å². The molecule has 0 bridgehead atoms. The van der Waals surface area contributed by atoms with Crippen LogP contribution in [-0.4, -0.2) is 33.8 Å². The van der Waals surface area contributed by atoms with E-state index in [9.17, 15) is 0 Å². The van der Waals surface area contributed by atoms with E-state index in [0.29, 0.717) is 0 Å². The van der Waals surface area contributed by atoms with Crippen molar-refractivity contribution >= 4 is 5.95 Å². The summed E-state index contributed by atoms with van der Waals surface area (Å²) in [6, 6.07) is 8.23. The Morgan fingerprint density at radius 1 is 1.28 bits per heavy atom. The molecule has 1 aliphatic carbocycles. The Hall–Kier alpha value is -1.91. The Labute approximate surface area is 106 Å². The maximum absolute atomic E-state index is 4.12. The molecule has 18 heavy (non-hydrogen) atoms. The van der Waals surface area contributed by atoms with Gasteiger partial charge in [0.1, 0.15) is 0 Å². The van der Waals surface area contributed by atoms with Crippen molar-refractivity contribution in [2.75, 3.05) is 18.5 Å². The lowest BCUT2D eigenvalue weighted by molar-refractivity contribution is 0.736. The van der Waals surface area contributed by atoms with Gasteiger partial charge in [0.2, 0.25) is 5.95 Å². The van der Waals surface area contributed by atoms with Gasteiger partial charge in [0.15, 0.2) is 0 Å². The molecule has 0 N–H and O–H groups in total. The average Bonchev–Trinajstić information content (AvgIpc) is 3.04. The van der Waals surface area contributed by atoms with E-state index in [1.165, 1.54) is 18.4 Å². The number of rotatable bonds is 4. The van der Waals surface area contributed by atoms with Crippen LogP contribution in [0, 0.1) is 12.8 Å². The minimum atomic E-state index is 0.811. The Morgan fingerprint density at radius 3 is 2.67 bits per heavy atom. The highest BCUT2D eigenvalue weighted by Gasteiger charge is 2.25. The van der Waals surface area contributed by atoms with Gasteiger partial charge in [-0.1, -0.05) is 22.8 Å². The third-order valence-corrected chi connectivity index (χ3v) is 3.30. The lowest BCUT2D eigenvalue weighted by Gasteiger charge is -2.17. The quantitative estimate of drug-likeness (QED) is 0.821. The first-order chi connectivity index (χ1) is 8.74. The Bertz CT molecular complexity index is 527. The fraction of sp³-hybridized carbons (Fsp3) is 0.462. The molecular formula is C13H17N5. The summed E-state index contributed by atoms with van der Waals surface area (Å²) in [6.45, 7) is 3.11. The molecule has 1 fully saturated rings. The summed E-state index contributed by atoms with van der Waals surface area (Å²) in [7, 11) is 2.05. The average molecular weight is 243 g/mol. The van der Waals surface area contributed by atoms with Gasteiger partial charge < -0.3 is 4.90 Å². The zero-order valence-corrected chi connectivity index (χ0v) is 10.7. The lowest BCUT2D eigenvalue weighted by Crippen LogP contribution is -2.23. The number of hydrogen-bond acceptors (Lipinski definition) is 4. The maximum Gasteiger partial charge on any atom is 0.250 e. The molecule has 94 valence electrons. The monoisotopic (exact) mass is 243 g/mol. The van der Waals surface area contributed by atoms with Crippen molar-refractivity contribution in [2.45, 2.75) is 19.8 Å². The molecule has 0 spiro atoms. The molecule has 5 heteroatoms. The van der Waals surface area contributed by atoms with Gasteiger partial charge in [0.05, 0.1) is 5.69 Å². The number of hydrogen-bond donors (Lipinski definition) is 0. The third kappa shape index (κ3) is 2.20. The van der Waals surface area contributed by atoms with E-state index in [1.54, 1.807) is 4.68 Å². The molecule has 5 nitrogen and oxygen atoms in total. The standard InChI is InChI=1S/C13H17N5/c1-10-3-7-12(8-4-10)18-13(14-15-16-18)17(2)9-11-5-6-11/h3-4,7-8,11H,5-6,9H2,1-2H3. The van der Waals surface area contributed by atoms with Crippen molar-refractivity contribution in [2.24, 2.45) is 5.92 Å². The molecule has 1 aliphatic rings. The largest absolute Gasteiger partial charge is 0.342 e. The van der Waals surface area contributed by atoms with E-state index >= 15 is 0 Å². The van der Waals surface area contributed by atoms with Gasteiger partial charge >= 0.3 is 0 Å². The van der Waals surface area contributed by atoms with Gasteiger partial charge in [-0.15, -0.1) is 0 Å². The van der Waals surface area contributed by atoms with Crippen molar-refractivity contribution in [3.8, 4) is 5.69 Å². The first-order valence-corrected chi connectivity index (χ1v) is 6.30. The molecule has 0 atom stereocenters. The van der Waals surface area contributed by atoms with E-state index in [1.807, 2.05) is 12.1 Å². The molecule has 0 unspecified atom stereocenters. The predicted molar refractivity (Wildman–Crippen MR) is 69.9 cm³/mol. The number of nitrogens with zero attached hydrogens (tertiary/aromatic N) is 5. The van der Waals surface area contributed by atoms with Crippen molar-refractivity contribution in [3.63, 3.8) is 0 Å². The van der Waals surface area contributed by atoms with Crippen LogP contribution in [0.4, 0.5) is 5.95 Å². The highest BCUT2D eigenvalue weighted by molar-refractivity contribution is 5.41. The number of tetrazole rings is 1. The van der Waals surface area contributed by atoms with Gasteiger partial charge in [-0.05, 0) is 48.2 Å². The molecule has 0 amide bonds. The van der Waals surface area contributed by atoms with E-state index in [-0.39, 0.29) is 0 Å². The van der Waals surface area contributed by atoms with E-state index in [2.05, 4.69) is 46.5 Å². The van der Waals surface area contributed by atoms with Crippen molar-refractivity contribution in [1.29, 1.82) is 0 Å². The highest BCUT2D eigenvalue weighted by Crippen LogP contribution is 2.30. The molecule has 0 radical (unpaired) electrons. The Morgan fingerprint density at radius 2 is 2.00 bits per heavy atom. The molecule has 0 aliphatic heterocycles. The summed E-state index contributed by atoms with van der Waals surface area (Å²) >= 11 is 0. The molecular weight excluding hydrogens is 226 g/mol. The van der Waals surface area contributed by atoms with Crippen LogP contribution in [0.3, 0.4) is 0 Å². The molecule has 0 saturated heterocycles. The van der Waals surface area contributed by atoms with Gasteiger partial charge in [0, 0.05) is 13.6 Å². The Balaban J connectivity index is 1.87. The van der Waals surface area contributed by atoms with Crippen molar-refractivity contribution in [1.82, 2.24) is 20.2 Å². The Kier molecular flexibility index (Phi) is 2.74. The molecule has 1 saturated carbocycles. The van der Waals surface area contributed by atoms with Crippen LogP contribution in [0.15, 0.2) is 24.3 Å². The predicted octanol–water partition coefficient (Wildman–Crippen LogP) is 1.82. The van der Waals surface area contributed by atoms with Crippen LogP contribution in [0.5, 0.6) is 0 Å². The second kappa shape index (κ2) is 4.40. The van der Waals surface area contributed by atoms with Gasteiger partial charge in [-0.3, -0.25) is 0 Å². The minimum absolute atomic E-state index is 0.811. The topological polar surface area (TPSA) is 46.8 Å². The first-order valence-electron chi connectivity index (χ1n) is 6.30. The van der Waals surface area contributed by atoms with Crippen molar-refractivity contribution in [3.05, 3.63) is 29.8 Å². The van der Waals surface area contributed by atoms with E-state index < -0.39 is 0 Å². The van der Waals surface area contributed by atoms with Crippen LogP contribution in [0.1, 0.15) is 18.4 Å². The summed E-state index contributed by atoms with van der Waals surface area (Å²) in [6.07, 6.45) is 2.66. The van der Waals surface area contributed by atoms with E-state index in [4.69, 9.17) is 0 Å². The number of aromatic nitrogens is 4. The number of aryl methyl sites for hydroxylation is 1. The summed E-state index contributed by atoms with van der Waals surface area (Å²) in [4.78, 5) is 2.14. The summed E-state index contributed by atoms with van der Waals surface area (Å²) in [5, 5.41) is 12.0. The normalized spacial score (nSPS) is 14.8. The zero-order chi connectivity index (χ0) is 12.5. The molecule has 2 aromatic rings.